The van der Waals surface area contributed by atoms with E-state index in [-0.39, 0.29) is 24.6 Å². The quantitative estimate of drug-likeness (QED) is 0.764. The summed E-state index contributed by atoms with van der Waals surface area (Å²) in [5, 5.41) is 2.76. The first-order valence-corrected chi connectivity index (χ1v) is 9.40. The Labute approximate surface area is 159 Å². The molecule has 0 bridgehead atoms. The van der Waals surface area contributed by atoms with E-state index in [4.69, 9.17) is 9.47 Å². The van der Waals surface area contributed by atoms with Crippen LogP contribution in [0.3, 0.4) is 0 Å². The highest BCUT2D eigenvalue weighted by Crippen LogP contribution is 2.22. The van der Waals surface area contributed by atoms with Gasteiger partial charge >= 0.3 is 5.97 Å². The number of carbonyl (C=O) groups excluding carboxylic acids is 2. The molecule has 0 aromatic heterocycles. The lowest BCUT2D eigenvalue weighted by Gasteiger charge is -2.21. The van der Waals surface area contributed by atoms with E-state index in [2.05, 4.69) is 5.32 Å². The molecule has 0 saturated heterocycles. The van der Waals surface area contributed by atoms with Crippen molar-refractivity contribution in [2.45, 2.75) is 45.1 Å². The van der Waals surface area contributed by atoms with E-state index in [0.29, 0.717) is 17.0 Å². The zero-order chi connectivity index (χ0) is 19.1. The molecule has 0 aliphatic heterocycles. The smallest absolute Gasteiger partial charge is 0.338 e. The van der Waals surface area contributed by atoms with Gasteiger partial charge < -0.3 is 14.8 Å². The van der Waals surface area contributed by atoms with E-state index < -0.39 is 0 Å². The Kier molecular flexibility index (Phi) is 6.47. The lowest BCUT2D eigenvalue weighted by Crippen LogP contribution is -2.21. The molecule has 2 aromatic carbocycles. The predicted octanol–water partition coefficient (Wildman–Crippen LogP) is 4.50. The minimum absolute atomic E-state index is 0.0319. The summed E-state index contributed by atoms with van der Waals surface area (Å²) in [5.74, 6) is 0.0996. The fraction of sp³-hybridized carbons (Fsp3) is 0.364. The van der Waals surface area contributed by atoms with Crippen molar-refractivity contribution in [1.82, 2.24) is 0 Å². The van der Waals surface area contributed by atoms with Crippen molar-refractivity contribution in [1.29, 1.82) is 0 Å². The monoisotopic (exact) mass is 367 g/mol. The van der Waals surface area contributed by atoms with Crippen LogP contribution in [0, 0.1) is 6.92 Å². The largest absolute Gasteiger partial charge is 0.484 e. The maximum absolute atomic E-state index is 12.2. The third-order valence-corrected chi connectivity index (χ3v) is 4.59. The van der Waals surface area contributed by atoms with Gasteiger partial charge in [-0.15, -0.1) is 0 Å². The SMILES string of the molecule is Cc1cccc(OCC(=O)Nc2ccc(C(=O)OC3CCCCC3)cc2)c1. The zero-order valence-corrected chi connectivity index (χ0v) is 15.6. The molecule has 5 heteroatoms. The summed E-state index contributed by atoms with van der Waals surface area (Å²) >= 11 is 0. The van der Waals surface area contributed by atoms with E-state index in [1.54, 1.807) is 24.3 Å². The van der Waals surface area contributed by atoms with E-state index in [9.17, 15) is 9.59 Å². The molecule has 1 aliphatic carbocycles. The van der Waals surface area contributed by atoms with Crippen LogP contribution in [0.25, 0.3) is 0 Å². The fourth-order valence-electron chi connectivity index (χ4n) is 3.14. The first kappa shape index (κ1) is 19.0. The summed E-state index contributed by atoms with van der Waals surface area (Å²) in [6.07, 6.45) is 5.38. The Morgan fingerprint density at radius 1 is 1.04 bits per heavy atom. The van der Waals surface area contributed by atoms with E-state index >= 15 is 0 Å². The minimum Gasteiger partial charge on any atom is -0.484 e. The molecule has 0 spiro atoms. The molecule has 1 N–H and O–H groups in total. The molecule has 0 unspecified atom stereocenters. The van der Waals surface area contributed by atoms with E-state index in [1.807, 2.05) is 31.2 Å². The van der Waals surface area contributed by atoms with Crippen molar-refractivity contribution < 1.29 is 19.1 Å². The van der Waals surface area contributed by atoms with Gasteiger partial charge in [0.25, 0.3) is 5.91 Å². The summed E-state index contributed by atoms with van der Waals surface area (Å²) in [4.78, 5) is 24.2. The van der Waals surface area contributed by atoms with Gasteiger partial charge in [-0.3, -0.25) is 4.79 Å². The second kappa shape index (κ2) is 9.21. The highest BCUT2D eigenvalue weighted by Gasteiger charge is 2.18. The lowest BCUT2D eigenvalue weighted by atomic mass is 9.98. The maximum atomic E-state index is 12.2. The van der Waals surface area contributed by atoms with Gasteiger partial charge in [-0.2, -0.15) is 0 Å². The average Bonchev–Trinajstić information content (AvgIpc) is 2.68. The number of ether oxygens (including phenoxy) is 2. The molecule has 3 rings (SSSR count). The number of rotatable bonds is 6. The van der Waals surface area contributed by atoms with Crippen molar-refractivity contribution >= 4 is 17.6 Å². The van der Waals surface area contributed by atoms with Crippen molar-refractivity contribution in [2.24, 2.45) is 0 Å². The van der Waals surface area contributed by atoms with Crippen LogP contribution in [0.5, 0.6) is 5.75 Å². The van der Waals surface area contributed by atoms with Crippen molar-refractivity contribution in [2.75, 3.05) is 11.9 Å². The molecule has 1 amide bonds. The Morgan fingerprint density at radius 2 is 1.78 bits per heavy atom. The third-order valence-electron chi connectivity index (χ3n) is 4.59. The van der Waals surface area contributed by atoms with Crippen LogP contribution in [0.4, 0.5) is 5.69 Å². The number of esters is 1. The van der Waals surface area contributed by atoms with Gasteiger partial charge in [-0.05, 0) is 74.6 Å². The van der Waals surface area contributed by atoms with Gasteiger partial charge in [0.2, 0.25) is 0 Å². The number of hydrogen-bond donors (Lipinski definition) is 1. The fourth-order valence-corrected chi connectivity index (χ4v) is 3.14. The first-order chi connectivity index (χ1) is 13.1. The average molecular weight is 367 g/mol. The van der Waals surface area contributed by atoms with Crippen LogP contribution in [0.15, 0.2) is 48.5 Å². The molecule has 27 heavy (non-hydrogen) atoms. The molecule has 1 saturated carbocycles. The Hall–Kier alpha value is -2.82. The number of aryl methyl sites for hydroxylation is 1. The van der Waals surface area contributed by atoms with Crippen LogP contribution >= 0.6 is 0 Å². The normalized spacial score (nSPS) is 14.4. The van der Waals surface area contributed by atoms with Crippen LogP contribution in [0.2, 0.25) is 0 Å². The van der Waals surface area contributed by atoms with Crippen molar-refractivity contribution in [3.8, 4) is 5.75 Å². The third kappa shape index (κ3) is 5.84. The van der Waals surface area contributed by atoms with Gasteiger partial charge in [0.05, 0.1) is 5.56 Å². The highest BCUT2D eigenvalue weighted by molar-refractivity contribution is 5.93. The van der Waals surface area contributed by atoms with Crippen molar-refractivity contribution in [3.05, 3.63) is 59.7 Å². The number of hydrogen-bond acceptors (Lipinski definition) is 4. The maximum Gasteiger partial charge on any atom is 0.338 e. The molecule has 1 fully saturated rings. The summed E-state index contributed by atoms with van der Waals surface area (Å²) < 4.78 is 11.0. The Bertz CT molecular complexity index is 779. The lowest BCUT2D eigenvalue weighted by molar-refractivity contribution is -0.118. The van der Waals surface area contributed by atoms with Gasteiger partial charge in [-0.25, -0.2) is 4.79 Å². The van der Waals surface area contributed by atoms with E-state index in [1.165, 1.54) is 6.42 Å². The Morgan fingerprint density at radius 3 is 2.48 bits per heavy atom. The van der Waals surface area contributed by atoms with Crippen LogP contribution < -0.4 is 10.1 Å². The second-order valence-corrected chi connectivity index (χ2v) is 6.90. The molecular formula is C22H25NO4. The van der Waals surface area contributed by atoms with Gasteiger partial charge in [-0.1, -0.05) is 18.6 Å². The summed E-state index contributed by atoms with van der Waals surface area (Å²) in [6, 6.07) is 14.3. The predicted molar refractivity (Wildman–Crippen MR) is 104 cm³/mol. The number of anilines is 1. The number of benzene rings is 2. The molecule has 142 valence electrons. The first-order valence-electron chi connectivity index (χ1n) is 9.40. The van der Waals surface area contributed by atoms with Crippen LogP contribution in [-0.4, -0.2) is 24.6 Å². The molecule has 0 radical (unpaired) electrons. The summed E-state index contributed by atoms with van der Waals surface area (Å²) in [6.45, 7) is 1.89. The van der Waals surface area contributed by atoms with E-state index in [0.717, 1.165) is 31.2 Å². The van der Waals surface area contributed by atoms with Crippen LogP contribution in [0.1, 0.15) is 48.0 Å². The van der Waals surface area contributed by atoms with Gasteiger partial charge in [0.1, 0.15) is 11.9 Å². The zero-order valence-electron chi connectivity index (χ0n) is 15.6. The summed E-state index contributed by atoms with van der Waals surface area (Å²) in [7, 11) is 0. The number of nitrogens with one attached hydrogen (secondary N) is 1. The molecule has 0 heterocycles. The molecule has 2 aromatic rings. The Balaban J connectivity index is 1.47. The molecule has 1 aliphatic rings. The van der Waals surface area contributed by atoms with Gasteiger partial charge in [0.15, 0.2) is 6.61 Å². The standard InChI is InChI=1S/C22H25NO4/c1-16-6-5-9-20(14-16)26-15-21(24)23-18-12-10-17(11-13-18)22(25)27-19-7-3-2-4-8-19/h5-6,9-14,19H,2-4,7-8,15H2,1H3,(H,23,24). The topological polar surface area (TPSA) is 64.6 Å². The second-order valence-electron chi connectivity index (χ2n) is 6.90. The van der Waals surface area contributed by atoms with Crippen molar-refractivity contribution in [3.63, 3.8) is 0 Å². The van der Waals surface area contributed by atoms with Gasteiger partial charge in [0, 0.05) is 5.69 Å². The minimum atomic E-state index is -0.303. The molecular weight excluding hydrogens is 342 g/mol. The highest BCUT2D eigenvalue weighted by atomic mass is 16.5. The molecule has 0 atom stereocenters. The number of amides is 1. The number of carbonyl (C=O) groups is 2. The van der Waals surface area contributed by atoms with Crippen LogP contribution in [-0.2, 0) is 9.53 Å². The summed E-state index contributed by atoms with van der Waals surface area (Å²) in [5.41, 5.74) is 2.18. The molecule has 5 nitrogen and oxygen atoms in total.